The first-order valence-corrected chi connectivity index (χ1v) is 9.22. The van der Waals surface area contributed by atoms with E-state index in [-0.39, 0.29) is 23.9 Å². The molecule has 1 aromatic rings. The number of benzene rings is 1. The van der Waals surface area contributed by atoms with Crippen molar-refractivity contribution in [3.63, 3.8) is 0 Å². The van der Waals surface area contributed by atoms with E-state index in [1.807, 2.05) is 27.7 Å². The quantitative estimate of drug-likeness (QED) is 0.828. The summed E-state index contributed by atoms with van der Waals surface area (Å²) in [7, 11) is 0. The van der Waals surface area contributed by atoms with Crippen LogP contribution in [-0.2, 0) is 9.53 Å². The van der Waals surface area contributed by atoms with Gasteiger partial charge in [-0.15, -0.1) is 0 Å². The molecule has 0 aromatic heterocycles. The van der Waals surface area contributed by atoms with Crippen LogP contribution in [0.4, 0.5) is 4.39 Å². The van der Waals surface area contributed by atoms with Gasteiger partial charge in [-0.1, -0.05) is 38.4 Å². The number of amides is 1. The largest absolute Gasteiger partial charge is 0.376 e. The summed E-state index contributed by atoms with van der Waals surface area (Å²) in [5.74, 6) is -0.380. The van der Waals surface area contributed by atoms with Crippen molar-refractivity contribution in [2.45, 2.75) is 46.3 Å². The minimum absolute atomic E-state index is 0.0335. The topological polar surface area (TPSA) is 41.6 Å². The summed E-state index contributed by atoms with van der Waals surface area (Å²) in [6, 6.07) is 4.38. The zero-order valence-corrected chi connectivity index (χ0v) is 16.2. The fourth-order valence-corrected chi connectivity index (χ4v) is 3.25. The van der Waals surface area contributed by atoms with E-state index >= 15 is 0 Å². The Kier molecular flexibility index (Phi) is 6.83. The Labute approximate surface area is 154 Å². The molecule has 0 radical (unpaired) electrons. The summed E-state index contributed by atoms with van der Waals surface area (Å²) in [5.41, 5.74) is -0.0186. The lowest BCUT2D eigenvalue weighted by Crippen LogP contribution is -2.48. The molecule has 4 nitrogen and oxygen atoms in total. The molecular formula is C19H28ClFN2O2. The van der Waals surface area contributed by atoms with E-state index in [0.29, 0.717) is 36.8 Å². The molecule has 140 valence electrons. The summed E-state index contributed by atoms with van der Waals surface area (Å²) >= 11 is 6.30. The Morgan fingerprint density at radius 3 is 2.84 bits per heavy atom. The first kappa shape index (κ1) is 20.1. The van der Waals surface area contributed by atoms with Crippen LogP contribution in [0.2, 0.25) is 5.02 Å². The highest BCUT2D eigenvalue weighted by Gasteiger charge is 2.31. The zero-order valence-electron chi connectivity index (χ0n) is 15.4. The first-order valence-electron chi connectivity index (χ1n) is 8.84. The van der Waals surface area contributed by atoms with Crippen LogP contribution < -0.4 is 5.32 Å². The first-order chi connectivity index (χ1) is 11.8. The third kappa shape index (κ3) is 4.93. The number of rotatable bonds is 6. The molecule has 1 heterocycles. The predicted octanol–water partition coefficient (Wildman–Crippen LogP) is 3.79. The Bertz CT molecular complexity index is 589. The smallest absolute Gasteiger partial charge is 0.225 e. The average Bonchev–Trinajstić information content (AvgIpc) is 2.57. The molecule has 1 fully saturated rings. The van der Waals surface area contributed by atoms with Crippen LogP contribution in [0.15, 0.2) is 18.2 Å². The number of nitrogens with zero attached hydrogens (tertiary/aromatic N) is 1. The van der Waals surface area contributed by atoms with Gasteiger partial charge in [0.1, 0.15) is 5.82 Å². The minimum atomic E-state index is -0.456. The molecule has 2 unspecified atom stereocenters. The third-order valence-corrected chi connectivity index (χ3v) is 5.33. The normalized spacial score (nSPS) is 20.3. The standard InChI is InChI=1S/C19H28ClFN2O2/c1-5-19(3,4)18(24)22-11-16(23-9-10-25-13(2)12-23)17-14(20)7-6-8-15(17)21/h6-8,13,16H,5,9-12H2,1-4H3,(H,22,24). The van der Waals surface area contributed by atoms with Gasteiger partial charge in [0, 0.05) is 35.6 Å². The van der Waals surface area contributed by atoms with Gasteiger partial charge >= 0.3 is 0 Å². The fourth-order valence-electron chi connectivity index (χ4n) is 2.96. The molecule has 0 bridgehead atoms. The van der Waals surface area contributed by atoms with Crippen molar-refractivity contribution in [2.75, 3.05) is 26.2 Å². The molecule has 2 rings (SSSR count). The van der Waals surface area contributed by atoms with Gasteiger partial charge in [0.15, 0.2) is 0 Å². The summed E-state index contributed by atoms with van der Waals surface area (Å²) in [6.45, 7) is 10.0. The molecule has 0 saturated carbocycles. The van der Waals surface area contributed by atoms with Crippen LogP contribution in [0.3, 0.4) is 0 Å². The van der Waals surface area contributed by atoms with Crippen LogP contribution in [-0.4, -0.2) is 43.2 Å². The Morgan fingerprint density at radius 2 is 2.24 bits per heavy atom. The Morgan fingerprint density at radius 1 is 1.52 bits per heavy atom. The van der Waals surface area contributed by atoms with Gasteiger partial charge in [0.05, 0.1) is 18.8 Å². The Hall–Kier alpha value is -1.17. The van der Waals surface area contributed by atoms with Gasteiger partial charge in [-0.2, -0.15) is 0 Å². The molecule has 1 aromatic carbocycles. The lowest BCUT2D eigenvalue weighted by molar-refractivity contribution is -0.129. The van der Waals surface area contributed by atoms with Gasteiger partial charge in [0.25, 0.3) is 0 Å². The van der Waals surface area contributed by atoms with Crippen molar-refractivity contribution >= 4 is 17.5 Å². The highest BCUT2D eigenvalue weighted by atomic mass is 35.5. The molecule has 1 amide bonds. The van der Waals surface area contributed by atoms with Gasteiger partial charge in [-0.3, -0.25) is 9.69 Å². The van der Waals surface area contributed by atoms with Crippen molar-refractivity contribution in [3.05, 3.63) is 34.6 Å². The van der Waals surface area contributed by atoms with E-state index < -0.39 is 5.41 Å². The molecular weight excluding hydrogens is 343 g/mol. The molecule has 0 spiro atoms. The average molecular weight is 371 g/mol. The second-order valence-corrected chi connectivity index (χ2v) is 7.68. The molecule has 1 saturated heterocycles. The number of carbonyl (C=O) groups excluding carboxylic acids is 1. The third-order valence-electron chi connectivity index (χ3n) is 5.00. The van der Waals surface area contributed by atoms with E-state index in [2.05, 4.69) is 10.2 Å². The molecule has 1 aliphatic heterocycles. The van der Waals surface area contributed by atoms with Gasteiger partial charge < -0.3 is 10.1 Å². The molecule has 2 atom stereocenters. The van der Waals surface area contributed by atoms with Gasteiger partial charge in [-0.25, -0.2) is 4.39 Å². The molecule has 1 N–H and O–H groups in total. The van der Waals surface area contributed by atoms with E-state index in [1.165, 1.54) is 6.07 Å². The molecule has 25 heavy (non-hydrogen) atoms. The van der Waals surface area contributed by atoms with Crippen molar-refractivity contribution < 1.29 is 13.9 Å². The number of halogens is 2. The number of hydrogen-bond donors (Lipinski definition) is 1. The van der Waals surface area contributed by atoms with Crippen LogP contribution in [0.25, 0.3) is 0 Å². The number of morpholine rings is 1. The summed E-state index contributed by atoms with van der Waals surface area (Å²) in [5, 5.41) is 3.37. The predicted molar refractivity (Wildman–Crippen MR) is 98.2 cm³/mol. The minimum Gasteiger partial charge on any atom is -0.376 e. The second-order valence-electron chi connectivity index (χ2n) is 7.27. The summed E-state index contributed by atoms with van der Waals surface area (Å²) in [6.07, 6.45) is 0.794. The number of ether oxygens (including phenoxy) is 1. The highest BCUT2D eigenvalue weighted by Crippen LogP contribution is 2.31. The molecule has 1 aliphatic rings. The number of nitrogens with one attached hydrogen (secondary N) is 1. The van der Waals surface area contributed by atoms with Crippen molar-refractivity contribution in [1.29, 1.82) is 0 Å². The number of carbonyl (C=O) groups is 1. The maximum Gasteiger partial charge on any atom is 0.225 e. The van der Waals surface area contributed by atoms with Crippen molar-refractivity contribution in [1.82, 2.24) is 10.2 Å². The van der Waals surface area contributed by atoms with E-state index in [4.69, 9.17) is 16.3 Å². The van der Waals surface area contributed by atoms with Crippen LogP contribution >= 0.6 is 11.6 Å². The van der Waals surface area contributed by atoms with E-state index in [0.717, 1.165) is 6.42 Å². The van der Waals surface area contributed by atoms with Crippen LogP contribution in [0, 0.1) is 11.2 Å². The SMILES string of the molecule is CCC(C)(C)C(=O)NCC(c1c(F)cccc1Cl)N1CCOC(C)C1. The van der Waals surface area contributed by atoms with E-state index in [9.17, 15) is 9.18 Å². The lowest BCUT2D eigenvalue weighted by Gasteiger charge is -2.38. The van der Waals surface area contributed by atoms with Crippen molar-refractivity contribution in [2.24, 2.45) is 5.41 Å². The summed E-state index contributed by atoms with van der Waals surface area (Å²) in [4.78, 5) is 14.6. The second kappa shape index (κ2) is 8.47. The molecule has 0 aliphatic carbocycles. The molecule has 6 heteroatoms. The highest BCUT2D eigenvalue weighted by molar-refractivity contribution is 6.31. The number of hydrogen-bond acceptors (Lipinski definition) is 3. The summed E-state index contributed by atoms with van der Waals surface area (Å²) < 4.78 is 20.1. The maximum absolute atomic E-state index is 14.5. The van der Waals surface area contributed by atoms with Crippen LogP contribution in [0.5, 0.6) is 0 Å². The van der Waals surface area contributed by atoms with Crippen LogP contribution in [0.1, 0.15) is 45.7 Å². The Balaban J connectivity index is 2.25. The fraction of sp³-hybridized carbons (Fsp3) is 0.632. The van der Waals surface area contributed by atoms with Gasteiger partial charge in [-0.05, 0) is 25.5 Å². The zero-order chi connectivity index (χ0) is 18.6. The monoisotopic (exact) mass is 370 g/mol. The lowest BCUT2D eigenvalue weighted by atomic mass is 9.89. The van der Waals surface area contributed by atoms with E-state index in [1.54, 1.807) is 12.1 Å². The van der Waals surface area contributed by atoms with Crippen molar-refractivity contribution in [3.8, 4) is 0 Å². The van der Waals surface area contributed by atoms with Gasteiger partial charge in [0.2, 0.25) is 5.91 Å². The maximum atomic E-state index is 14.5.